The molecule has 17 heavy (non-hydrogen) atoms. The minimum absolute atomic E-state index is 0.549. The van der Waals surface area contributed by atoms with Crippen LogP contribution in [0.15, 0.2) is 22.8 Å². The molecule has 2 aromatic rings. The van der Waals surface area contributed by atoms with Crippen LogP contribution in [0.4, 0.5) is 0 Å². The molecule has 0 amide bonds. The third kappa shape index (κ3) is 2.55. The molecule has 3 heteroatoms. The Morgan fingerprint density at radius 2 is 2.12 bits per heavy atom. The third-order valence-corrected chi connectivity index (χ3v) is 3.79. The van der Waals surface area contributed by atoms with Gasteiger partial charge in [-0.2, -0.15) is 0 Å². The minimum Gasteiger partial charge on any atom is -0.360 e. The highest BCUT2D eigenvalue weighted by atomic mass is 79.9. The third-order valence-electron chi connectivity index (χ3n) is 3.17. The molecular formula is C14H19BrN2. The summed E-state index contributed by atoms with van der Waals surface area (Å²) in [5.74, 6) is 0.549. The number of rotatable bonds is 4. The first-order chi connectivity index (χ1) is 8.13. The van der Waals surface area contributed by atoms with Crippen molar-refractivity contribution in [3.05, 3.63) is 33.9 Å². The summed E-state index contributed by atoms with van der Waals surface area (Å²) in [5, 5.41) is 1.33. The molecule has 1 aromatic carbocycles. The van der Waals surface area contributed by atoms with Crippen molar-refractivity contribution in [2.45, 2.75) is 32.6 Å². The summed E-state index contributed by atoms with van der Waals surface area (Å²) in [4.78, 5) is 3.34. The van der Waals surface area contributed by atoms with E-state index in [1.807, 2.05) is 0 Å². The molecule has 0 unspecified atom stereocenters. The van der Waals surface area contributed by atoms with Crippen LogP contribution in [-0.2, 0) is 6.42 Å². The lowest BCUT2D eigenvalue weighted by Gasteiger charge is -2.08. The molecule has 0 aliphatic rings. The van der Waals surface area contributed by atoms with Gasteiger partial charge in [0.15, 0.2) is 0 Å². The molecule has 2 rings (SSSR count). The van der Waals surface area contributed by atoms with Crippen molar-refractivity contribution < 1.29 is 0 Å². The topological polar surface area (TPSA) is 41.8 Å². The van der Waals surface area contributed by atoms with Crippen molar-refractivity contribution in [2.24, 2.45) is 5.73 Å². The Bertz CT molecular complexity index is 514. The van der Waals surface area contributed by atoms with E-state index in [0.29, 0.717) is 5.92 Å². The summed E-state index contributed by atoms with van der Waals surface area (Å²) in [6.07, 6.45) is 4.19. The normalized spacial score (nSPS) is 11.6. The van der Waals surface area contributed by atoms with Crippen LogP contribution >= 0.6 is 15.9 Å². The van der Waals surface area contributed by atoms with Crippen molar-refractivity contribution >= 4 is 26.8 Å². The number of halogens is 1. The number of H-pyrrole nitrogens is 1. The quantitative estimate of drug-likeness (QED) is 0.881. The van der Waals surface area contributed by atoms with Crippen LogP contribution in [-0.4, -0.2) is 11.5 Å². The Kier molecular flexibility index (Phi) is 3.89. The molecule has 0 radical (unpaired) electrons. The van der Waals surface area contributed by atoms with E-state index in [1.165, 1.54) is 22.0 Å². The number of aryl methyl sites for hydroxylation is 1. The Morgan fingerprint density at radius 1 is 1.35 bits per heavy atom. The zero-order valence-corrected chi connectivity index (χ0v) is 12.0. The molecule has 0 saturated heterocycles. The Hall–Kier alpha value is -0.800. The Labute approximate surface area is 111 Å². The standard InChI is InChI=1S/C14H19BrN2/c1-9(2)11-6-12-10(4-3-5-16)8-17-14(12)13(15)7-11/h6-9,17H,3-5,16H2,1-2H3. The molecule has 0 spiro atoms. The maximum absolute atomic E-state index is 5.58. The van der Waals surface area contributed by atoms with E-state index in [9.17, 15) is 0 Å². The predicted octanol–water partition coefficient (Wildman–Crippen LogP) is 3.95. The first-order valence-electron chi connectivity index (χ1n) is 6.13. The highest BCUT2D eigenvalue weighted by Crippen LogP contribution is 2.31. The van der Waals surface area contributed by atoms with Crippen LogP contribution < -0.4 is 5.73 Å². The molecule has 0 fully saturated rings. The van der Waals surface area contributed by atoms with E-state index >= 15 is 0 Å². The molecule has 2 nitrogen and oxygen atoms in total. The van der Waals surface area contributed by atoms with Crippen molar-refractivity contribution in [3.8, 4) is 0 Å². The molecule has 1 heterocycles. The van der Waals surface area contributed by atoms with E-state index in [2.05, 4.69) is 53.1 Å². The molecule has 0 atom stereocenters. The van der Waals surface area contributed by atoms with Crippen LogP contribution in [0.3, 0.4) is 0 Å². The number of benzene rings is 1. The van der Waals surface area contributed by atoms with Gasteiger partial charge in [-0.15, -0.1) is 0 Å². The molecule has 1 aromatic heterocycles. The van der Waals surface area contributed by atoms with Crippen molar-refractivity contribution in [1.82, 2.24) is 4.98 Å². The summed E-state index contributed by atoms with van der Waals surface area (Å²) in [7, 11) is 0. The SMILES string of the molecule is CC(C)c1cc(Br)c2[nH]cc(CCCN)c2c1. The molecule has 3 N–H and O–H groups in total. The van der Waals surface area contributed by atoms with Crippen LogP contribution in [0, 0.1) is 0 Å². The van der Waals surface area contributed by atoms with E-state index in [4.69, 9.17) is 5.73 Å². The lowest BCUT2D eigenvalue weighted by Crippen LogP contribution is -1.99. The van der Waals surface area contributed by atoms with Gasteiger partial charge in [0.1, 0.15) is 0 Å². The van der Waals surface area contributed by atoms with Gasteiger partial charge in [-0.3, -0.25) is 0 Å². The van der Waals surface area contributed by atoms with Crippen LogP contribution in [0.5, 0.6) is 0 Å². The fourth-order valence-electron chi connectivity index (χ4n) is 2.10. The number of nitrogens with two attached hydrogens (primary N) is 1. The molecule has 0 saturated carbocycles. The first kappa shape index (κ1) is 12.7. The Morgan fingerprint density at radius 3 is 2.76 bits per heavy atom. The van der Waals surface area contributed by atoms with E-state index in [1.54, 1.807) is 0 Å². The molecular weight excluding hydrogens is 276 g/mol. The van der Waals surface area contributed by atoms with Crippen molar-refractivity contribution in [1.29, 1.82) is 0 Å². The molecule has 92 valence electrons. The highest BCUT2D eigenvalue weighted by Gasteiger charge is 2.09. The van der Waals surface area contributed by atoms with Crippen molar-refractivity contribution in [2.75, 3.05) is 6.54 Å². The van der Waals surface area contributed by atoms with Crippen LogP contribution in [0.1, 0.15) is 37.3 Å². The van der Waals surface area contributed by atoms with Gasteiger partial charge in [-0.05, 0) is 64.5 Å². The summed E-state index contributed by atoms with van der Waals surface area (Å²) < 4.78 is 1.15. The summed E-state index contributed by atoms with van der Waals surface area (Å²) in [5.41, 5.74) is 9.52. The van der Waals surface area contributed by atoms with Gasteiger partial charge < -0.3 is 10.7 Å². The average molecular weight is 295 g/mol. The van der Waals surface area contributed by atoms with Crippen molar-refractivity contribution in [3.63, 3.8) is 0 Å². The summed E-state index contributed by atoms with van der Waals surface area (Å²) in [6, 6.07) is 4.50. The average Bonchev–Trinajstić information content (AvgIpc) is 2.70. The monoisotopic (exact) mass is 294 g/mol. The second-order valence-corrected chi connectivity index (χ2v) is 5.64. The first-order valence-corrected chi connectivity index (χ1v) is 6.92. The van der Waals surface area contributed by atoms with Crippen LogP contribution in [0.25, 0.3) is 10.9 Å². The van der Waals surface area contributed by atoms with Crippen LogP contribution in [0.2, 0.25) is 0 Å². The van der Waals surface area contributed by atoms with Gasteiger partial charge in [0.2, 0.25) is 0 Å². The largest absolute Gasteiger partial charge is 0.360 e. The maximum atomic E-state index is 5.58. The number of fused-ring (bicyclic) bond motifs is 1. The fraction of sp³-hybridized carbons (Fsp3) is 0.429. The van der Waals surface area contributed by atoms with E-state index in [0.717, 1.165) is 23.9 Å². The van der Waals surface area contributed by atoms with Gasteiger partial charge in [-0.1, -0.05) is 13.8 Å². The Balaban J connectivity index is 2.49. The lowest BCUT2D eigenvalue weighted by atomic mass is 9.99. The highest BCUT2D eigenvalue weighted by molar-refractivity contribution is 9.10. The van der Waals surface area contributed by atoms with Gasteiger partial charge in [0.05, 0.1) is 5.52 Å². The predicted molar refractivity (Wildman–Crippen MR) is 77.5 cm³/mol. The number of nitrogens with one attached hydrogen (secondary N) is 1. The zero-order chi connectivity index (χ0) is 12.4. The van der Waals surface area contributed by atoms with Gasteiger partial charge in [0.25, 0.3) is 0 Å². The smallest absolute Gasteiger partial charge is 0.0601 e. The van der Waals surface area contributed by atoms with E-state index < -0.39 is 0 Å². The van der Waals surface area contributed by atoms with Gasteiger partial charge >= 0.3 is 0 Å². The molecule has 0 aliphatic carbocycles. The molecule has 0 bridgehead atoms. The number of hydrogen-bond acceptors (Lipinski definition) is 1. The number of aromatic amines is 1. The number of aromatic nitrogens is 1. The minimum atomic E-state index is 0.549. The fourth-order valence-corrected chi connectivity index (χ4v) is 2.69. The number of hydrogen-bond donors (Lipinski definition) is 2. The summed E-state index contributed by atoms with van der Waals surface area (Å²) >= 11 is 3.64. The van der Waals surface area contributed by atoms with E-state index in [-0.39, 0.29) is 0 Å². The van der Waals surface area contributed by atoms with Gasteiger partial charge in [0, 0.05) is 16.1 Å². The summed E-state index contributed by atoms with van der Waals surface area (Å²) in [6.45, 7) is 5.19. The second-order valence-electron chi connectivity index (χ2n) is 4.79. The molecule has 0 aliphatic heterocycles. The van der Waals surface area contributed by atoms with Gasteiger partial charge in [-0.25, -0.2) is 0 Å². The maximum Gasteiger partial charge on any atom is 0.0601 e. The second kappa shape index (κ2) is 5.23. The zero-order valence-electron chi connectivity index (χ0n) is 10.4. The lowest BCUT2D eigenvalue weighted by molar-refractivity contribution is 0.836.